The second-order valence-corrected chi connectivity index (χ2v) is 10.2. The van der Waals surface area contributed by atoms with Crippen LogP contribution in [0, 0.1) is 5.82 Å². The SMILES string of the molecule is O=C(CSc1nnnn1C[C@@H]1CCCO1)N1CCN(S(=O)(=O)c2ccc(F)cc2)CC1. The average Bonchev–Trinajstić information content (AvgIpc) is 3.45. The smallest absolute Gasteiger partial charge is 0.243 e. The predicted molar refractivity (Wildman–Crippen MR) is 109 cm³/mol. The van der Waals surface area contributed by atoms with Crippen molar-refractivity contribution in [3.8, 4) is 0 Å². The minimum Gasteiger partial charge on any atom is -0.376 e. The average molecular weight is 471 g/mol. The van der Waals surface area contributed by atoms with Gasteiger partial charge in [0.05, 0.1) is 23.3 Å². The molecule has 0 unspecified atom stereocenters. The van der Waals surface area contributed by atoms with Crippen molar-refractivity contribution >= 4 is 27.7 Å². The van der Waals surface area contributed by atoms with Gasteiger partial charge in [-0.05, 0) is 47.5 Å². The number of amides is 1. The number of nitrogens with zero attached hydrogens (tertiary/aromatic N) is 6. The van der Waals surface area contributed by atoms with E-state index in [2.05, 4.69) is 15.5 Å². The van der Waals surface area contributed by atoms with Crippen molar-refractivity contribution < 1.29 is 22.3 Å². The fourth-order valence-electron chi connectivity index (χ4n) is 3.55. The lowest BCUT2D eigenvalue weighted by Crippen LogP contribution is -2.51. The molecular weight excluding hydrogens is 447 g/mol. The van der Waals surface area contributed by atoms with E-state index in [-0.39, 0.29) is 35.7 Å². The first-order valence-corrected chi connectivity index (χ1v) is 12.4. The number of sulfonamides is 1. The van der Waals surface area contributed by atoms with Gasteiger partial charge in [-0.15, -0.1) is 5.10 Å². The third-order valence-electron chi connectivity index (χ3n) is 5.27. The molecule has 0 bridgehead atoms. The molecule has 2 aromatic rings. The molecule has 0 aliphatic carbocycles. The van der Waals surface area contributed by atoms with Gasteiger partial charge in [-0.25, -0.2) is 17.5 Å². The molecule has 168 valence electrons. The van der Waals surface area contributed by atoms with Crippen molar-refractivity contribution in [3.05, 3.63) is 30.1 Å². The summed E-state index contributed by atoms with van der Waals surface area (Å²) in [6.07, 6.45) is 2.08. The second kappa shape index (κ2) is 9.59. The Labute approximate surface area is 183 Å². The van der Waals surface area contributed by atoms with Crippen molar-refractivity contribution in [2.75, 3.05) is 38.5 Å². The van der Waals surface area contributed by atoms with Crippen LogP contribution in [0.4, 0.5) is 4.39 Å². The highest BCUT2D eigenvalue weighted by atomic mass is 32.2. The van der Waals surface area contributed by atoms with Crippen LogP contribution in [0.1, 0.15) is 12.8 Å². The van der Waals surface area contributed by atoms with Crippen molar-refractivity contribution in [1.29, 1.82) is 0 Å². The Morgan fingerprint density at radius 1 is 1.19 bits per heavy atom. The summed E-state index contributed by atoms with van der Waals surface area (Å²) in [6, 6.07) is 4.74. The van der Waals surface area contributed by atoms with Crippen LogP contribution in [0.2, 0.25) is 0 Å². The lowest BCUT2D eigenvalue weighted by atomic mass is 10.2. The van der Waals surface area contributed by atoms with E-state index in [0.717, 1.165) is 31.6 Å². The zero-order valence-electron chi connectivity index (χ0n) is 16.8. The number of aromatic nitrogens is 4. The minimum atomic E-state index is -3.71. The van der Waals surface area contributed by atoms with Crippen LogP contribution in [0.5, 0.6) is 0 Å². The van der Waals surface area contributed by atoms with Crippen LogP contribution in [-0.4, -0.2) is 88.4 Å². The van der Waals surface area contributed by atoms with Crippen LogP contribution in [0.15, 0.2) is 34.3 Å². The maximum absolute atomic E-state index is 13.1. The Kier molecular flexibility index (Phi) is 6.84. The number of tetrazole rings is 1. The maximum Gasteiger partial charge on any atom is 0.243 e. The number of rotatable bonds is 7. The van der Waals surface area contributed by atoms with Crippen molar-refractivity contribution in [2.45, 2.75) is 35.5 Å². The van der Waals surface area contributed by atoms with Gasteiger partial charge >= 0.3 is 0 Å². The van der Waals surface area contributed by atoms with Gasteiger partial charge < -0.3 is 9.64 Å². The fourth-order valence-corrected chi connectivity index (χ4v) is 5.76. The molecular formula is C18H23FN6O4S2. The Bertz CT molecular complexity index is 1000. The van der Waals surface area contributed by atoms with Gasteiger partial charge in [0.25, 0.3) is 0 Å². The Hall–Kier alpha value is -2.09. The summed E-state index contributed by atoms with van der Waals surface area (Å²) in [7, 11) is -3.71. The van der Waals surface area contributed by atoms with Gasteiger partial charge in [0.15, 0.2) is 0 Å². The summed E-state index contributed by atoms with van der Waals surface area (Å²) in [5, 5.41) is 12.2. The zero-order chi connectivity index (χ0) is 21.8. The summed E-state index contributed by atoms with van der Waals surface area (Å²) in [5.74, 6) is -0.430. The quantitative estimate of drug-likeness (QED) is 0.542. The van der Waals surface area contributed by atoms with E-state index in [9.17, 15) is 17.6 Å². The Balaban J connectivity index is 1.28. The number of piperazine rings is 1. The number of hydrogen-bond acceptors (Lipinski definition) is 8. The van der Waals surface area contributed by atoms with Crippen LogP contribution >= 0.6 is 11.8 Å². The van der Waals surface area contributed by atoms with E-state index in [1.54, 1.807) is 9.58 Å². The first-order chi connectivity index (χ1) is 14.9. The lowest BCUT2D eigenvalue weighted by Gasteiger charge is -2.34. The van der Waals surface area contributed by atoms with Gasteiger partial charge in [0.2, 0.25) is 21.1 Å². The molecule has 0 saturated carbocycles. The highest BCUT2D eigenvalue weighted by Gasteiger charge is 2.30. The fraction of sp³-hybridized carbons (Fsp3) is 0.556. The van der Waals surface area contributed by atoms with Crippen molar-refractivity contribution in [2.24, 2.45) is 0 Å². The molecule has 2 aliphatic rings. The third kappa shape index (κ3) is 5.22. The molecule has 1 aromatic heterocycles. The number of carbonyl (C=O) groups excluding carboxylic acids is 1. The van der Waals surface area contributed by atoms with E-state index in [1.165, 1.54) is 28.2 Å². The number of ether oxygens (including phenoxy) is 1. The zero-order valence-corrected chi connectivity index (χ0v) is 18.4. The predicted octanol–water partition coefficient (Wildman–Crippen LogP) is 0.616. The van der Waals surface area contributed by atoms with Crippen molar-refractivity contribution in [1.82, 2.24) is 29.4 Å². The number of carbonyl (C=O) groups is 1. The summed E-state index contributed by atoms with van der Waals surface area (Å²) in [4.78, 5) is 14.3. The first kappa shape index (κ1) is 22.1. The summed E-state index contributed by atoms with van der Waals surface area (Å²) in [6.45, 7) is 2.27. The molecule has 1 amide bonds. The number of thioether (sulfide) groups is 1. The van der Waals surface area contributed by atoms with Crippen LogP contribution < -0.4 is 0 Å². The standard InChI is InChI=1S/C18H23FN6O4S2/c19-14-3-5-16(6-4-14)31(27,28)24-9-7-23(8-10-24)17(26)13-30-18-20-21-22-25(18)12-15-2-1-11-29-15/h3-6,15H,1-2,7-13H2/t15-/m0/s1. The van der Waals surface area contributed by atoms with Gasteiger partial charge in [-0.3, -0.25) is 4.79 Å². The minimum absolute atomic E-state index is 0.0438. The molecule has 10 nitrogen and oxygen atoms in total. The molecule has 0 N–H and O–H groups in total. The van der Waals surface area contributed by atoms with Gasteiger partial charge in [0.1, 0.15) is 5.82 Å². The lowest BCUT2D eigenvalue weighted by molar-refractivity contribution is -0.129. The number of benzene rings is 1. The molecule has 1 aromatic carbocycles. The van der Waals surface area contributed by atoms with Gasteiger partial charge in [-0.2, -0.15) is 4.31 Å². The maximum atomic E-state index is 13.1. The highest BCUT2D eigenvalue weighted by Crippen LogP contribution is 2.21. The van der Waals surface area contributed by atoms with Crippen molar-refractivity contribution in [3.63, 3.8) is 0 Å². The third-order valence-corrected chi connectivity index (χ3v) is 8.12. The van der Waals surface area contributed by atoms with Gasteiger partial charge in [-0.1, -0.05) is 11.8 Å². The summed E-state index contributed by atoms with van der Waals surface area (Å²) >= 11 is 1.26. The molecule has 4 rings (SSSR count). The van der Waals surface area contributed by atoms with Gasteiger partial charge in [0, 0.05) is 32.8 Å². The van der Waals surface area contributed by atoms with E-state index in [1.807, 2.05) is 0 Å². The number of hydrogen-bond donors (Lipinski definition) is 0. The first-order valence-electron chi connectivity index (χ1n) is 9.97. The van der Waals surface area contributed by atoms with E-state index in [4.69, 9.17) is 4.74 Å². The molecule has 0 spiro atoms. The number of halogens is 1. The van der Waals surface area contributed by atoms with E-state index < -0.39 is 15.8 Å². The summed E-state index contributed by atoms with van der Waals surface area (Å²) < 4.78 is 47.1. The molecule has 3 heterocycles. The van der Waals surface area contributed by atoms with Crippen LogP contribution in [0.25, 0.3) is 0 Å². The summed E-state index contributed by atoms with van der Waals surface area (Å²) in [5.41, 5.74) is 0. The molecule has 2 aliphatic heterocycles. The Morgan fingerprint density at radius 3 is 2.61 bits per heavy atom. The molecule has 0 radical (unpaired) electrons. The van der Waals surface area contributed by atoms with E-state index in [0.29, 0.717) is 24.8 Å². The highest BCUT2D eigenvalue weighted by molar-refractivity contribution is 7.99. The molecule has 13 heteroatoms. The molecule has 31 heavy (non-hydrogen) atoms. The second-order valence-electron chi connectivity index (χ2n) is 7.31. The normalized spacial score (nSPS) is 20.3. The molecule has 2 fully saturated rings. The van der Waals surface area contributed by atoms with Crippen LogP contribution in [-0.2, 0) is 26.1 Å². The van der Waals surface area contributed by atoms with Crippen LogP contribution in [0.3, 0.4) is 0 Å². The topological polar surface area (TPSA) is 111 Å². The molecule has 2 saturated heterocycles. The monoisotopic (exact) mass is 470 g/mol. The largest absolute Gasteiger partial charge is 0.376 e. The van der Waals surface area contributed by atoms with E-state index >= 15 is 0 Å². The molecule has 1 atom stereocenters. The Morgan fingerprint density at radius 2 is 1.94 bits per heavy atom.